The number of carbonyl (C=O) groups excluding carboxylic acids is 2. The lowest BCUT2D eigenvalue weighted by Crippen LogP contribution is -2.15. The number of carbonyl (C=O) groups is 2. The van der Waals surface area contributed by atoms with Crippen molar-refractivity contribution in [1.29, 1.82) is 0 Å². The summed E-state index contributed by atoms with van der Waals surface area (Å²) < 4.78 is 10.2. The van der Waals surface area contributed by atoms with Crippen molar-refractivity contribution in [2.75, 3.05) is 19.5 Å². The molecule has 0 radical (unpaired) electrons. The van der Waals surface area contributed by atoms with Gasteiger partial charge in [-0.1, -0.05) is 6.07 Å². The Hall–Kier alpha value is -2.04. The zero-order chi connectivity index (χ0) is 12.8. The van der Waals surface area contributed by atoms with Crippen molar-refractivity contribution < 1.29 is 19.1 Å². The highest BCUT2D eigenvalue weighted by Gasteiger charge is 2.13. The first-order valence-corrected chi connectivity index (χ1v) is 5.08. The Kier molecular flexibility index (Phi) is 4.51. The minimum atomic E-state index is -0.389. The minimum Gasteiger partial charge on any atom is -0.494 e. The largest absolute Gasteiger partial charge is 0.494 e. The van der Waals surface area contributed by atoms with Gasteiger partial charge >= 0.3 is 0 Å². The Balaban J connectivity index is 2.95. The van der Waals surface area contributed by atoms with E-state index in [4.69, 9.17) is 9.47 Å². The molecule has 0 aliphatic heterocycles. The highest BCUT2D eigenvalue weighted by atomic mass is 16.5. The highest BCUT2D eigenvalue weighted by molar-refractivity contribution is 6.04. The number of rotatable bonds is 5. The lowest BCUT2D eigenvalue weighted by Gasteiger charge is -2.13. The molecular weight excluding hydrogens is 222 g/mol. The Morgan fingerprint density at radius 2 is 1.71 bits per heavy atom. The van der Waals surface area contributed by atoms with E-state index in [0.29, 0.717) is 17.2 Å². The molecule has 0 saturated carbocycles. The van der Waals surface area contributed by atoms with Crippen LogP contribution in [0.2, 0.25) is 0 Å². The molecule has 0 bridgehead atoms. The number of nitrogens with one attached hydrogen (secondary N) is 1. The SMILES string of the molecule is COc1cccc(OC)c1NC(=O)CC(C)=O. The Morgan fingerprint density at radius 3 is 2.12 bits per heavy atom. The fourth-order valence-electron chi connectivity index (χ4n) is 1.38. The normalized spacial score (nSPS) is 9.59. The Morgan fingerprint density at radius 1 is 1.18 bits per heavy atom. The summed E-state index contributed by atoms with van der Waals surface area (Å²) in [6.07, 6.45) is -0.165. The van der Waals surface area contributed by atoms with Crippen molar-refractivity contribution in [2.45, 2.75) is 13.3 Å². The average molecular weight is 237 g/mol. The van der Waals surface area contributed by atoms with E-state index in [-0.39, 0.29) is 18.1 Å². The summed E-state index contributed by atoms with van der Waals surface area (Å²) in [7, 11) is 2.99. The van der Waals surface area contributed by atoms with Gasteiger partial charge < -0.3 is 14.8 Å². The van der Waals surface area contributed by atoms with E-state index in [0.717, 1.165) is 0 Å². The van der Waals surface area contributed by atoms with Gasteiger partial charge in [-0.05, 0) is 19.1 Å². The van der Waals surface area contributed by atoms with Gasteiger partial charge in [-0.3, -0.25) is 9.59 Å². The third-order valence-corrected chi connectivity index (χ3v) is 2.10. The number of hydrogen-bond donors (Lipinski definition) is 1. The molecule has 0 aromatic heterocycles. The summed E-state index contributed by atoms with van der Waals surface area (Å²) in [5.74, 6) is 0.388. The van der Waals surface area contributed by atoms with Crippen LogP contribution in [-0.4, -0.2) is 25.9 Å². The summed E-state index contributed by atoms with van der Waals surface area (Å²) >= 11 is 0. The molecule has 0 aliphatic rings. The van der Waals surface area contributed by atoms with Crippen molar-refractivity contribution >= 4 is 17.4 Å². The maximum atomic E-state index is 11.5. The van der Waals surface area contributed by atoms with E-state index >= 15 is 0 Å². The fourth-order valence-corrected chi connectivity index (χ4v) is 1.38. The van der Waals surface area contributed by atoms with Gasteiger partial charge in [0.1, 0.15) is 23.0 Å². The molecule has 0 unspecified atom stereocenters. The topological polar surface area (TPSA) is 64.6 Å². The van der Waals surface area contributed by atoms with Crippen LogP contribution in [0.15, 0.2) is 18.2 Å². The molecule has 0 aliphatic carbocycles. The van der Waals surface area contributed by atoms with Gasteiger partial charge in [0.05, 0.1) is 20.6 Å². The van der Waals surface area contributed by atoms with Crippen molar-refractivity contribution in [3.05, 3.63) is 18.2 Å². The van der Waals surface area contributed by atoms with E-state index in [2.05, 4.69) is 5.32 Å². The van der Waals surface area contributed by atoms with Crippen LogP contribution in [0.1, 0.15) is 13.3 Å². The number of Topliss-reactive ketones (excluding diaryl/α,β-unsaturated/α-hetero) is 1. The minimum absolute atomic E-state index is 0.165. The molecule has 92 valence electrons. The molecule has 0 heterocycles. The number of ketones is 1. The molecular formula is C12H15NO4. The molecule has 1 aromatic rings. The number of amides is 1. The summed E-state index contributed by atoms with van der Waals surface area (Å²) in [6.45, 7) is 1.36. The molecule has 5 nitrogen and oxygen atoms in total. The van der Waals surface area contributed by atoms with Crippen LogP contribution >= 0.6 is 0 Å². The van der Waals surface area contributed by atoms with Gasteiger partial charge in [-0.25, -0.2) is 0 Å². The first kappa shape index (κ1) is 13.0. The number of benzene rings is 1. The van der Waals surface area contributed by atoms with Gasteiger partial charge in [-0.2, -0.15) is 0 Å². The number of anilines is 1. The monoisotopic (exact) mass is 237 g/mol. The molecule has 0 atom stereocenters. The second-order valence-corrected chi connectivity index (χ2v) is 3.46. The predicted molar refractivity (Wildman–Crippen MR) is 63.5 cm³/mol. The van der Waals surface area contributed by atoms with Crippen molar-refractivity contribution in [2.24, 2.45) is 0 Å². The van der Waals surface area contributed by atoms with Gasteiger partial charge in [0, 0.05) is 0 Å². The summed E-state index contributed by atoms with van der Waals surface area (Å²) in [4.78, 5) is 22.3. The molecule has 1 rings (SSSR count). The predicted octanol–water partition coefficient (Wildman–Crippen LogP) is 1.62. The van der Waals surface area contributed by atoms with Crippen LogP contribution < -0.4 is 14.8 Å². The third kappa shape index (κ3) is 3.48. The number of ether oxygens (including phenoxy) is 2. The molecule has 1 aromatic carbocycles. The van der Waals surface area contributed by atoms with Gasteiger partial charge in [0.2, 0.25) is 5.91 Å². The van der Waals surface area contributed by atoms with E-state index in [1.807, 2.05) is 0 Å². The number of para-hydroxylation sites is 1. The molecule has 0 saturated heterocycles. The standard InChI is InChI=1S/C12H15NO4/c1-8(14)7-11(15)13-12-9(16-2)5-4-6-10(12)17-3/h4-6H,7H2,1-3H3,(H,13,15). The maximum absolute atomic E-state index is 11.5. The fraction of sp³-hybridized carbons (Fsp3) is 0.333. The molecule has 17 heavy (non-hydrogen) atoms. The van der Waals surface area contributed by atoms with Crippen LogP contribution in [0.25, 0.3) is 0 Å². The van der Waals surface area contributed by atoms with Crippen LogP contribution in [0.5, 0.6) is 11.5 Å². The van der Waals surface area contributed by atoms with Crippen molar-refractivity contribution in [1.82, 2.24) is 0 Å². The van der Waals surface area contributed by atoms with Crippen molar-refractivity contribution in [3.63, 3.8) is 0 Å². The summed E-state index contributed by atoms with van der Waals surface area (Å²) in [5, 5.41) is 2.60. The van der Waals surface area contributed by atoms with Crippen molar-refractivity contribution in [3.8, 4) is 11.5 Å². The first-order valence-electron chi connectivity index (χ1n) is 5.08. The van der Waals surface area contributed by atoms with E-state index < -0.39 is 0 Å². The maximum Gasteiger partial charge on any atom is 0.232 e. The van der Waals surface area contributed by atoms with Gasteiger partial charge in [-0.15, -0.1) is 0 Å². The zero-order valence-electron chi connectivity index (χ0n) is 10.1. The number of hydrogen-bond acceptors (Lipinski definition) is 4. The van der Waals surface area contributed by atoms with E-state index in [1.54, 1.807) is 18.2 Å². The Bertz CT molecular complexity index is 406. The van der Waals surface area contributed by atoms with Crippen LogP contribution in [0.3, 0.4) is 0 Å². The van der Waals surface area contributed by atoms with E-state index in [1.165, 1.54) is 21.1 Å². The molecule has 1 amide bonds. The first-order chi connectivity index (χ1) is 8.08. The quantitative estimate of drug-likeness (QED) is 0.790. The lowest BCUT2D eigenvalue weighted by molar-refractivity contribution is -0.124. The molecule has 1 N–H and O–H groups in total. The second kappa shape index (κ2) is 5.89. The second-order valence-electron chi connectivity index (χ2n) is 3.46. The smallest absolute Gasteiger partial charge is 0.232 e. The highest BCUT2D eigenvalue weighted by Crippen LogP contribution is 2.34. The van der Waals surface area contributed by atoms with Gasteiger partial charge in [0.25, 0.3) is 0 Å². The van der Waals surface area contributed by atoms with Gasteiger partial charge in [0.15, 0.2) is 0 Å². The molecule has 0 fully saturated rings. The number of methoxy groups -OCH3 is 2. The molecule has 0 spiro atoms. The zero-order valence-corrected chi connectivity index (χ0v) is 10.1. The summed E-state index contributed by atoms with van der Waals surface area (Å²) in [6, 6.07) is 5.15. The Labute approximate surface area is 99.7 Å². The van der Waals surface area contributed by atoms with E-state index in [9.17, 15) is 9.59 Å². The molecule has 5 heteroatoms. The average Bonchev–Trinajstić information content (AvgIpc) is 2.28. The third-order valence-electron chi connectivity index (χ3n) is 2.10. The van der Waals surface area contributed by atoms with Crippen LogP contribution in [-0.2, 0) is 9.59 Å². The summed E-state index contributed by atoms with van der Waals surface area (Å²) in [5.41, 5.74) is 0.434. The lowest BCUT2D eigenvalue weighted by atomic mass is 10.2. The van der Waals surface area contributed by atoms with Crippen LogP contribution in [0.4, 0.5) is 5.69 Å². The van der Waals surface area contributed by atoms with Crippen LogP contribution in [0, 0.1) is 0 Å².